The molecule has 0 saturated heterocycles. The Hall–Kier alpha value is -6.37. The van der Waals surface area contributed by atoms with E-state index < -0.39 is 0 Å². The van der Waals surface area contributed by atoms with Gasteiger partial charge in [-0.2, -0.15) is 0 Å². The van der Waals surface area contributed by atoms with Crippen LogP contribution in [0.1, 0.15) is 0 Å². The van der Waals surface area contributed by atoms with Crippen LogP contribution in [0.3, 0.4) is 0 Å². The van der Waals surface area contributed by atoms with Crippen LogP contribution < -0.4 is 0 Å². The topological polar surface area (TPSA) is 48.5 Å². The van der Waals surface area contributed by atoms with Crippen LogP contribution in [0.25, 0.3) is 87.4 Å². The molecule has 0 fully saturated rings. The molecule has 0 radical (unpaired) electrons. The molecule has 0 unspecified atom stereocenters. The molecule has 5 nitrogen and oxygen atoms in total. The van der Waals surface area contributed by atoms with E-state index in [1.807, 2.05) is 48.9 Å². The van der Waals surface area contributed by atoms with Crippen molar-refractivity contribution in [3.05, 3.63) is 164 Å². The molecule has 6 heteroatoms. The lowest BCUT2D eigenvalue weighted by molar-refractivity contribution is 1.17. The molecule has 0 aliphatic heterocycles. The van der Waals surface area contributed by atoms with Crippen molar-refractivity contribution in [2.45, 2.75) is 0 Å². The summed E-state index contributed by atoms with van der Waals surface area (Å²) in [6.07, 6.45) is 5.72. The third kappa shape index (κ3) is 4.49. The Balaban J connectivity index is 1.31. The molecular formula is C43H27N5S. The molecule has 0 aliphatic carbocycles. The Morgan fingerprint density at radius 1 is 0.408 bits per heavy atom. The van der Waals surface area contributed by atoms with Gasteiger partial charge in [-0.05, 0) is 72.8 Å². The first-order valence-electron chi connectivity index (χ1n) is 16.3. The SMILES string of the molecule is c1ccc(-c2ncc(-n3c4ccc(-c5ccccn5)cc4c4cc5c6cc(-c7ccccn7)ccc6n(-c6ccccc6)c5cc43)s2)cc1. The van der Waals surface area contributed by atoms with Crippen molar-refractivity contribution in [1.29, 1.82) is 0 Å². The van der Waals surface area contributed by atoms with Crippen molar-refractivity contribution in [3.63, 3.8) is 0 Å². The van der Waals surface area contributed by atoms with Crippen molar-refractivity contribution in [2.75, 3.05) is 0 Å². The van der Waals surface area contributed by atoms with Gasteiger partial charge in [-0.1, -0.05) is 84.1 Å². The van der Waals surface area contributed by atoms with Gasteiger partial charge in [-0.3, -0.25) is 14.5 Å². The number of rotatable bonds is 5. The number of hydrogen-bond donors (Lipinski definition) is 0. The Morgan fingerprint density at radius 2 is 0.959 bits per heavy atom. The Labute approximate surface area is 286 Å². The van der Waals surface area contributed by atoms with E-state index in [-0.39, 0.29) is 0 Å². The van der Waals surface area contributed by atoms with Crippen LogP contribution in [0.15, 0.2) is 164 Å². The number of aromatic nitrogens is 5. The summed E-state index contributed by atoms with van der Waals surface area (Å²) in [5.74, 6) is 0. The first-order valence-corrected chi connectivity index (χ1v) is 17.1. The van der Waals surface area contributed by atoms with Crippen molar-refractivity contribution in [3.8, 4) is 43.8 Å². The molecule has 230 valence electrons. The fourth-order valence-corrected chi connectivity index (χ4v) is 8.04. The number of pyridine rings is 2. The molecule has 49 heavy (non-hydrogen) atoms. The third-order valence-corrected chi connectivity index (χ3v) is 10.4. The summed E-state index contributed by atoms with van der Waals surface area (Å²) in [5.41, 5.74) is 10.9. The van der Waals surface area contributed by atoms with Gasteiger partial charge in [0.25, 0.3) is 0 Å². The molecule has 0 atom stereocenters. The minimum absolute atomic E-state index is 0.955. The fourth-order valence-electron chi connectivity index (χ4n) is 7.09. The second-order valence-electron chi connectivity index (χ2n) is 12.2. The highest BCUT2D eigenvalue weighted by molar-refractivity contribution is 7.17. The van der Waals surface area contributed by atoms with Crippen molar-refractivity contribution >= 4 is 54.9 Å². The maximum Gasteiger partial charge on any atom is 0.125 e. The monoisotopic (exact) mass is 645 g/mol. The van der Waals surface area contributed by atoms with Crippen molar-refractivity contribution < 1.29 is 0 Å². The molecule has 5 aromatic heterocycles. The molecule has 5 heterocycles. The molecule has 0 bridgehead atoms. The Kier molecular flexibility index (Phi) is 6.29. The van der Waals surface area contributed by atoms with E-state index in [4.69, 9.17) is 4.98 Å². The van der Waals surface area contributed by atoms with Gasteiger partial charge in [0.1, 0.15) is 10.0 Å². The summed E-state index contributed by atoms with van der Waals surface area (Å²) in [5, 5.41) is 6.82. The van der Waals surface area contributed by atoms with Gasteiger partial charge >= 0.3 is 0 Å². The number of fused-ring (bicyclic) bond motifs is 6. The van der Waals surface area contributed by atoms with Gasteiger partial charge in [0.05, 0.1) is 39.7 Å². The molecular weight excluding hydrogens is 619 g/mol. The van der Waals surface area contributed by atoms with Crippen molar-refractivity contribution in [1.82, 2.24) is 24.1 Å². The van der Waals surface area contributed by atoms with Gasteiger partial charge in [-0.25, -0.2) is 4.98 Å². The number of nitrogens with zero attached hydrogens (tertiary/aromatic N) is 5. The highest BCUT2D eigenvalue weighted by Crippen LogP contribution is 2.42. The predicted octanol–water partition coefficient (Wildman–Crippen LogP) is 11.1. The summed E-state index contributed by atoms with van der Waals surface area (Å²) in [4.78, 5) is 14.2. The van der Waals surface area contributed by atoms with Gasteiger partial charge in [0, 0.05) is 56.3 Å². The maximum absolute atomic E-state index is 4.90. The van der Waals surface area contributed by atoms with Gasteiger partial charge in [-0.15, -0.1) is 0 Å². The number of thiazole rings is 1. The Bertz CT molecular complexity index is 2800. The van der Waals surface area contributed by atoms with E-state index in [1.54, 1.807) is 11.3 Å². The van der Waals surface area contributed by atoms with Gasteiger partial charge in [0.15, 0.2) is 0 Å². The van der Waals surface area contributed by atoms with Crippen LogP contribution in [0.2, 0.25) is 0 Å². The predicted molar refractivity (Wildman–Crippen MR) is 203 cm³/mol. The largest absolute Gasteiger partial charge is 0.309 e. The number of hydrogen-bond acceptors (Lipinski definition) is 4. The molecule has 10 aromatic rings. The summed E-state index contributed by atoms with van der Waals surface area (Å²) >= 11 is 1.71. The molecule has 0 spiro atoms. The van der Waals surface area contributed by atoms with Crippen LogP contribution in [0.4, 0.5) is 0 Å². The zero-order valence-corrected chi connectivity index (χ0v) is 27.0. The minimum Gasteiger partial charge on any atom is -0.309 e. The number of benzene rings is 5. The smallest absolute Gasteiger partial charge is 0.125 e. The molecule has 0 aliphatic rings. The molecule has 0 saturated carbocycles. The van der Waals surface area contributed by atoms with E-state index >= 15 is 0 Å². The van der Waals surface area contributed by atoms with E-state index in [1.165, 1.54) is 21.5 Å². The molecule has 0 N–H and O–H groups in total. The van der Waals surface area contributed by atoms with E-state index in [2.05, 4.69) is 134 Å². The summed E-state index contributed by atoms with van der Waals surface area (Å²) in [7, 11) is 0. The quantitative estimate of drug-likeness (QED) is 0.187. The van der Waals surface area contributed by atoms with Crippen LogP contribution >= 0.6 is 11.3 Å². The fraction of sp³-hybridized carbons (Fsp3) is 0. The lowest BCUT2D eigenvalue weighted by atomic mass is 10.0. The number of para-hydroxylation sites is 1. The zero-order chi connectivity index (χ0) is 32.3. The second-order valence-corrected chi connectivity index (χ2v) is 13.2. The normalized spacial score (nSPS) is 11.7. The van der Waals surface area contributed by atoms with Crippen LogP contribution in [0, 0.1) is 0 Å². The lowest BCUT2D eigenvalue weighted by Gasteiger charge is -2.09. The third-order valence-electron chi connectivity index (χ3n) is 9.32. The molecule has 0 amide bonds. The summed E-state index contributed by atoms with van der Waals surface area (Å²) in [6, 6.07) is 51.3. The summed E-state index contributed by atoms with van der Waals surface area (Å²) < 4.78 is 4.76. The van der Waals surface area contributed by atoms with Crippen LogP contribution in [-0.4, -0.2) is 24.1 Å². The van der Waals surface area contributed by atoms with Crippen LogP contribution in [-0.2, 0) is 0 Å². The lowest BCUT2D eigenvalue weighted by Crippen LogP contribution is -1.94. The van der Waals surface area contributed by atoms with E-state index in [0.717, 1.165) is 65.8 Å². The Morgan fingerprint density at radius 3 is 1.57 bits per heavy atom. The van der Waals surface area contributed by atoms with Crippen molar-refractivity contribution in [2.24, 2.45) is 0 Å². The van der Waals surface area contributed by atoms with E-state index in [9.17, 15) is 0 Å². The highest BCUT2D eigenvalue weighted by atomic mass is 32.1. The van der Waals surface area contributed by atoms with E-state index in [0.29, 0.717) is 0 Å². The second kappa shape index (κ2) is 11.1. The minimum atomic E-state index is 0.955. The average Bonchev–Trinajstić information content (AvgIpc) is 3.87. The maximum atomic E-state index is 4.90. The first-order chi connectivity index (χ1) is 24.3. The summed E-state index contributed by atoms with van der Waals surface area (Å²) in [6.45, 7) is 0. The van der Waals surface area contributed by atoms with Gasteiger partial charge in [0.2, 0.25) is 0 Å². The molecule has 10 rings (SSSR count). The average molecular weight is 646 g/mol. The standard InChI is InChI=1S/C43H27N5S/c1-3-11-28(12-4-1)43-46-27-42(49-43)48-39-20-18-30(37-16-8-10-22-45-37)24-33(39)35-25-34-32-23-29(36-15-7-9-21-44-36)17-19-38(32)47(40(34)26-41(35)48)31-13-5-2-6-14-31/h1-27H. The van der Waals surface area contributed by atoms with Gasteiger partial charge < -0.3 is 4.57 Å². The zero-order valence-electron chi connectivity index (χ0n) is 26.2. The molecule has 5 aromatic carbocycles. The highest BCUT2D eigenvalue weighted by Gasteiger charge is 2.21. The first kappa shape index (κ1) is 27.7. The van der Waals surface area contributed by atoms with Crippen LogP contribution in [0.5, 0.6) is 0 Å².